The minimum atomic E-state index is -1.04. The summed E-state index contributed by atoms with van der Waals surface area (Å²) in [7, 11) is 0. The van der Waals surface area contributed by atoms with Crippen LogP contribution >= 0.6 is 0 Å². The predicted octanol–water partition coefficient (Wildman–Crippen LogP) is 2.22. The quantitative estimate of drug-likeness (QED) is 0.448. The summed E-state index contributed by atoms with van der Waals surface area (Å²) in [5.41, 5.74) is 1.16. The highest BCUT2D eigenvalue weighted by Crippen LogP contribution is 2.34. The Morgan fingerprint density at radius 1 is 1.17 bits per heavy atom. The molecule has 8 nitrogen and oxygen atoms in total. The van der Waals surface area contributed by atoms with Gasteiger partial charge in [0.1, 0.15) is 5.54 Å². The molecule has 30 heavy (non-hydrogen) atoms. The molecule has 1 saturated heterocycles. The summed E-state index contributed by atoms with van der Waals surface area (Å²) in [6.07, 6.45) is 4.91. The molecule has 0 aliphatic carbocycles. The number of amides is 5. The Labute approximate surface area is 176 Å². The molecule has 162 valence electrons. The average Bonchev–Trinajstić information content (AvgIpc) is 3.06. The van der Waals surface area contributed by atoms with Crippen LogP contribution in [0.4, 0.5) is 4.79 Å². The highest BCUT2D eigenvalue weighted by molar-refractivity contribution is 6.07. The maximum absolute atomic E-state index is 13.0. The van der Waals surface area contributed by atoms with Crippen LogP contribution in [-0.2, 0) is 22.7 Å². The van der Waals surface area contributed by atoms with Gasteiger partial charge in [-0.15, -0.1) is 0 Å². The van der Waals surface area contributed by atoms with E-state index in [0.29, 0.717) is 31.6 Å². The average molecular weight is 415 g/mol. The van der Waals surface area contributed by atoms with Crippen LogP contribution in [0, 0.1) is 0 Å². The van der Waals surface area contributed by atoms with Crippen LogP contribution in [0.25, 0.3) is 0 Å². The second-order valence-electron chi connectivity index (χ2n) is 8.20. The Bertz CT molecular complexity index is 854. The lowest BCUT2D eigenvalue weighted by Crippen LogP contribution is -2.61. The minimum absolute atomic E-state index is 0.213. The van der Waals surface area contributed by atoms with Crippen molar-refractivity contribution < 1.29 is 19.2 Å². The number of fused-ring (bicyclic) bond motifs is 1. The number of urea groups is 1. The van der Waals surface area contributed by atoms with Crippen LogP contribution in [-0.4, -0.2) is 40.7 Å². The lowest BCUT2D eigenvalue weighted by Gasteiger charge is -2.39. The van der Waals surface area contributed by atoms with E-state index in [2.05, 4.69) is 22.9 Å². The predicted molar refractivity (Wildman–Crippen MR) is 111 cm³/mol. The zero-order valence-corrected chi connectivity index (χ0v) is 17.7. The lowest BCUT2D eigenvalue weighted by atomic mass is 9.89. The van der Waals surface area contributed by atoms with Gasteiger partial charge < -0.3 is 15.5 Å². The third-order valence-corrected chi connectivity index (χ3v) is 5.92. The Balaban J connectivity index is 1.58. The van der Waals surface area contributed by atoms with Gasteiger partial charge in [0.2, 0.25) is 5.91 Å². The summed E-state index contributed by atoms with van der Waals surface area (Å²) in [6, 6.07) is 5.29. The lowest BCUT2D eigenvalue weighted by molar-refractivity contribution is -0.142. The van der Waals surface area contributed by atoms with Crippen LogP contribution in [0.1, 0.15) is 73.9 Å². The third kappa shape index (κ3) is 4.63. The number of nitrogens with zero attached hydrogens (tertiary/aromatic N) is 1. The molecule has 1 fully saturated rings. The topological polar surface area (TPSA) is 108 Å². The fourth-order valence-corrected chi connectivity index (χ4v) is 3.91. The highest BCUT2D eigenvalue weighted by atomic mass is 16.2. The summed E-state index contributed by atoms with van der Waals surface area (Å²) in [6.45, 7) is 5.14. The van der Waals surface area contributed by atoms with E-state index in [1.165, 1.54) is 6.42 Å². The van der Waals surface area contributed by atoms with Gasteiger partial charge >= 0.3 is 6.03 Å². The molecule has 0 unspecified atom stereocenters. The van der Waals surface area contributed by atoms with E-state index < -0.39 is 11.4 Å². The van der Waals surface area contributed by atoms with Crippen LogP contribution in [0.15, 0.2) is 18.2 Å². The summed E-state index contributed by atoms with van der Waals surface area (Å²) in [5, 5.41) is 7.99. The van der Waals surface area contributed by atoms with E-state index in [9.17, 15) is 19.2 Å². The van der Waals surface area contributed by atoms with Crippen LogP contribution in [0.2, 0.25) is 0 Å². The number of rotatable bonds is 8. The van der Waals surface area contributed by atoms with E-state index in [1.807, 2.05) is 12.1 Å². The van der Waals surface area contributed by atoms with Gasteiger partial charge in [-0.05, 0) is 37.0 Å². The Hall–Kier alpha value is -2.90. The first-order chi connectivity index (χ1) is 14.3. The first kappa shape index (κ1) is 21.8. The molecule has 1 atom stereocenters. The maximum atomic E-state index is 13.0. The molecule has 1 aromatic carbocycles. The van der Waals surface area contributed by atoms with Crippen molar-refractivity contribution in [1.29, 1.82) is 0 Å². The van der Waals surface area contributed by atoms with Crippen molar-refractivity contribution in [3.05, 3.63) is 34.9 Å². The van der Waals surface area contributed by atoms with E-state index in [1.54, 1.807) is 17.9 Å². The summed E-state index contributed by atoms with van der Waals surface area (Å²) in [4.78, 5) is 50.4. The van der Waals surface area contributed by atoms with E-state index in [0.717, 1.165) is 30.4 Å². The van der Waals surface area contributed by atoms with Gasteiger partial charge in [0.15, 0.2) is 0 Å². The van der Waals surface area contributed by atoms with Gasteiger partial charge in [0.05, 0.1) is 0 Å². The number of benzene rings is 1. The van der Waals surface area contributed by atoms with Crippen molar-refractivity contribution in [1.82, 2.24) is 20.9 Å². The first-order valence-corrected chi connectivity index (χ1v) is 10.6. The fraction of sp³-hybridized carbons (Fsp3) is 0.545. The zero-order chi connectivity index (χ0) is 21.7. The number of carbonyl (C=O) groups is 4. The van der Waals surface area contributed by atoms with Gasteiger partial charge in [-0.3, -0.25) is 19.7 Å². The van der Waals surface area contributed by atoms with Crippen LogP contribution in [0.3, 0.4) is 0 Å². The standard InChI is InChI=1S/C22H30N4O4/c1-3-4-5-6-11-23-21(30)24-13-15-7-8-16-14-26(19(28)17(16)12-15)22(2)10-9-18(27)25-20(22)29/h7-8,12H,3-6,9-11,13-14H2,1-2H3,(H2,23,24,30)(H,25,27,29)/t22-/m0/s1. The van der Waals surface area contributed by atoms with Crippen molar-refractivity contribution in [3.63, 3.8) is 0 Å². The van der Waals surface area contributed by atoms with E-state index >= 15 is 0 Å². The largest absolute Gasteiger partial charge is 0.338 e. The molecule has 0 aromatic heterocycles. The van der Waals surface area contributed by atoms with E-state index in [-0.39, 0.29) is 24.3 Å². The first-order valence-electron chi connectivity index (χ1n) is 10.6. The molecule has 2 heterocycles. The molecule has 1 aromatic rings. The van der Waals surface area contributed by atoms with Crippen molar-refractivity contribution >= 4 is 23.8 Å². The van der Waals surface area contributed by atoms with Crippen molar-refractivity contribution in [2.45, 2.75) is 71.0 Å². The summed E-state index contributed by atoms with van der Waals surface area (Å²) in [5.74, 6) is -0.963. The molecule has 0 spiro atoms. The summed E-state index contributed by atoms with van der Waals surface area (Å²) >= 11 is 0. The molecule has 5 amide bonds. The number of unbranched alkanes of at least 4 members (excludes halogenated alkanes) is 3. The van der Waals surface area contributed by atoms with E-state index in [4.69, 9.17) is 0 Å². The molecule has 2 aliphatic heterocycles. The molecule has 0 saturated carbocycles. The van der Waals surface area contributed by atoms with Gasteiger partial charge in [0.25, 0.3) is 11.8 Å². The molecular formula is C22H30N4O4. The van der Waals surface area contributed by atoms with Gasteiger partial charge in [0, 0.05) is 31.6 Å². The number of hydrogen-bond acceptors (Lipinski definition) is 4. The number of piperidine rings is 1. The Kier molecular flexibility index (Phi) is 6.74. The molecular weight excluding hydrogens is 384 g/mol. The maximum Gasteiger partial charge on any atom is 0.315 e. The van der Waals surface area contributed by atoms with Crippen LogP contribution < -0.4 is 16.0 Å². The second-order valence-corrected chi connectivity index (χ2v) is 8.20. The van der Waals surface area contributed by atoms with Gasteiger partial charge in [-0.2, -0.15) is 0 Å². The minimum Gasteiger partial charge on any atom is -0.338 e. The van der Waals surface area contributed by atoms with Gasteiger partial charge in [-0.25, -0.2) is 4.79 Å². The highest BCUT2D eigenvalue weighted by Gasteiger charge is 2.48. The Morgan fingerprint density at radius 2 is 1.97 bits per heavy atom. The number of imide groups is 1. The van der Waals surface area contributed by atoms with Gasteiger partial charge in [-0.1, -0.05) is 38.3 Å². The van der Waals surface area contributed by atoms with Crippen LogP contribution in [0.5, 0.6) is 0 Å². The number of hydrogen-bond donors (Lipinski definition) is 3. The third-order valence-electron chi connectivity index (χ3n) is 5.92. The summed E-state index contributed by atoms with van der Waals surface area (Å²) < 4.78 is 0. The SMILES string of the molecule is CCCCCCNC(=O)NCc1ccc2c(c1)C(=O)N([C@@]1(C)CCC(=O)NC1=O)C2. The Morgan fingerprint density at radius 3 is 2.70 bits per heavy atom. The molecule has 3 rings (SSSR count). The smallest absolute Gasteiger partial charge is 0.315 e. The second kappa shape index (κ2) is 9.28. The molecule has 2 aliphatic rings. The van der Waals surface area contributed by atoms with Crippen molar-refractivity contribution in [2.75, 3.05) is 6.54 Å². The van der Waals surface area contributed by atoms with Crippen molar-refractivity contribution in [2.24, 2.45) is 0 Å². The monoisotopic (exact) mass is 414 g/mol. The number of carbonyl (C=O) groups excluding carboxylic acids is 4. The molecule has 3 N–H and O–H groups in total. The fourth-order valence-electron chi connectivity index (χ4n) is 3.91. The molecule has 0 radical (unpaired) electrons. The molecule has 0 bridgehead atoms. The number of nitrogens with one attached hydrogen (secondary N) is 3. The normalized spacial score (nSPS) is 20.7. The zero-order valence-electron chi connectivity index (χ0n) is 17.7. The van der Waals surface area contributed by atoms with Crippen molar-refractivity contribution in [3.8, 4) is 0 Å². The molecule has 8 heteroatoms.